The molecule has 0 saturated carbocycles. The lowest BCUT2D eigenvalue weighted by Gasteiger charge is -2.08. The third-order valence-corrected chi connectivity index (χ3v) is 4.10. The summed E-state index contributed by atoms with van der Waals surface area (Å²) in [5, 5.41) is 0.607. The fourth-order valence-electron chi connectivity index (χ4n) is 0.737. The maximum Gasteiger partial charge on any atom is 0.148 e. The summed E-state index contributed by atoms with van der Waals surface area (Å²) < 4.78 is 7.53. The molecule has 0 N–H and O–H groups in total. The van der Waals surface area contributed by atoms with E-state index in [1.807, 2.05) is 6.07 Å². The second kappa shape index (κ2) is 4.31. The molecule has 0 fully saturated rings. The maximum atomic E-state index is 5.94. The number of hydrogen-bond donors (Lipinski definition) is 0. The van der Waals surface area contributed by atoms with Crippen molar-refractivity contribution in [2.24, 2.45) is 0 Å². The van der Waals surface area contributed by atoms with Gasteiger partial charge in [-0.25, -0.2) is 0 Å². The van der Waals surface area contributed by atoms with Gasteiger partial charge in [-0.05, 0) is 53.9 Å². The fourth-order valence-corrected chi connectivity index (χ4v) is 3.32. The molecule has 0 amide bonds. The molecule has 0 aliphatic rings. The molecule has 1 nitrogen and oxygen atoms in total. The highest BCUT2D eigenvalue weighted by atomic mass is 79.9. The summed E-state index contributed by atoms with van der Waals surface area (Å²) in [6, 6.07) is 1.84. The van der Waals surface area contributed by atoms with E-state index in [1.165, 1.54) is 0 Å². The topological polar surface area (TPSA) is 9.23 Å². The van der Waals surface area contributed by atoms with Gasteiger partial charge in [0.2, 0.25) is 0 Å². The van der Waals surface area contributed by atoms with Crippen molar-refractivity contribution in [1.29, 1.82) is 0 Å². The summed E-state index contributed by atoms with van der Waals surface area (Å²) >= 11 is 15.9. The van der Waals surface area contributed by atoms with E-state index in [1.54, 1.807) is 7.11 Å². The average Bonchev–Trinajstić information content (AvgIpc) is 2.01. The van der Waals surface area contributed by atoms with Gasteiger partial charge in [0.25, 0.3) is 0 Å². The van der Waals surface area contributed by atoms with Crippen LogP contribution in [-0.4, -0.2) is 7.11 Å². The molecule has 0 bridgehead atoms. The van der Waals surface area contributed by atoms with Crippen molar-refractivity contribution in [3.63, 3.8) is 0 Å². The Kier molecular flexibility index (Phi) is 3.89. The highest BCUT2D eigenvalue weighted by Gasteiger charge is 2.12. The molecule has 0 aliphatic heterocycles. The summed E-state index contributed by atoms with van der Waals surface area (Å²) in [5.41, 5.74) is 0. The minimum Gasteiger partial charge on any atom is -0.494 e. The smallest absolute Gasteiger partial charge is 0.148 e. The lowest BCUT2D eigenvalue weighted by Crippen LogP contribution is -1.87. The molecule has 0 unspecified atom stereocenters. The van der Waals surface area contributed by atoms with Crippen molar-refractivity contribution in [2.45, 2.75) is 0 Å². The van der Waals surface area contributed by atoms with Crippen LogP contribution in [0.25, 0.3) is 0 Å². The van der Waals surface area contributed by atoms with Crippen molar-refractivity contribution < 1.29 is 4.74 Å². The van der Waals surface area contributed by atoms with Gasteiger partial charge in [-0.3, -0.25) is 0 Å². The number of benzene rings is 1. The summed E-state index contributed by atoms with van der Waals surface area (Å²) in [4.78, 5) is 0. The third-order valence-electron chi connectivity index (χ3n) is 1.28. The fraction of sp³-hybridized carbons (Fsp3) is 0.143. The molecule has 1 aromatic carbocycles. The second-order valence-corrected chi connectivity index (χ2v) is 4.88. The van der Waals surface area contributed by atoms with E-state index >= 15 is 0 Å². The number of ether oxygens (including phenoxy) is 1. The van der Waals surface area contributed by atoms with Crippen LogP contribution in [-0.2, 0) is 0 Å². The van der Waals surface area contributed by atoms with Crippen LogP contribution in [0.15, 0.2) is 19.5 Å². The van der Waals surface area contributed by atoms with E-state index in [-0.39, 0.29) is 0 Å². The van der Waals surface area contributed by atoms with Crippen molar-refractivity contribution in [3.05, 3.63) is 24.5 Å². The summed E-state index contributed by atoms with van der Waals surface area (Å²) in [5.74, 6) is 0.697. The first-order valence-corrected chi connectivity index (χ1v) is 5.70. The minimum atomic E-state index is 0.607. The highest BCUT2D eigenvalue weighted by molar-refractivity contribution is 9.11. The zero-order valence-corrected chi connectivity index (χ0v) is 11.5. The van der Waals surface area contributed by atoms with Crippen molar-refractivity contribution in [1.82, 2.24) is 0 Å². The second-order valence-electron chi connectivity index (χ2n) is 2.00. The standard InChI is InChI=1S/C7H4Br3ClO/c1-12-7-4(9)2-3(8)6(11)5(7)10/h2H,1H3. The van der Waals surface area contributed by atoms with E-state index in [9.17, 15) is 0 Å². The lowest BCUT2D eigenvalue weighted by atomic mass is 10.3. The Labute approximate surface area is 101 Å². The van der Waals surface area contributed by atoms with Gasteiger partial charge in [-0.2, -0.15) is 0 Å². The van der Waals surface area contributed by atoms with E-state index in [0.29, 0.717) is 10.8 Å². The van der Waals surface area contributed by atoms with Gasteiger partial charge in [0.1, 0.15) is 5.75 Å². The van der Waals surface area contributed by atoms with Crippen LogP contribution in [0.4, 0.5) is 0 Å². The van der Waals surface area contributed by atoms with Crippen LogP contribution in [0.5, 0.6) is 5.75 Å². The predicted octanol–water partition coefficient (Wildman–Crippen LogP) is 4.64. The molecule has 5 heteroatoms. The van der Waals surface area contributed by atoms with Crippen molar-refractivity contribution in [2.75, 3.05) is 7.11 Å². The number of rotatable bonds is 1. The zero-order chi connectivity index (χ0) is 9.30. The van der Waals surface area contributed by atoms with Crippen LogP contribution in [0, 0.1) is 0 Å². The summed E-state index contributed by atoms with van der Waals surface area (Å²) in [7, 11) is 1.59. The maximum absolute atomic E-state index is 5.94. The molecular formula is C7H4Br3ClO. The largest absolute Gasteiger partial charge is 0.494 e. The molecule has 0 saturated heterocycles. The van der Waals surface area contributed by atoms with Crippen LogP contribution >= 0.6 is 59.4 Å². The average molecular weight is 379 g/mol. The van der Waals surface area contributed by atoms with Gasteiger partial charge in [0.15, 0.2) is 0 Å². The van der Waals surface area contributed by atoms with Gasteiger partial charge in [0, 0.05) is 4.47 Å². The number of methoxy groups -OCH3 is 1. The molecule has 0 aliphatic carbocycles. The van der Waals surface area contributed by atoms with E-state index in [4.69, 9.17) is 16.3 Å². The molecule has 1 rings (SSSR count). The number of halogens is 4. The monoisotopic (exact) mass is 376 g/mol. The molecule has 0 heterocycles. The first-order valence-electron chi connectivity index (χ1n) is 2.95. The molecule has 0 atom stereocenters. The van der Waals surface area contributed by atoms with Crippen LogP contribution in [0.1, 0.15) is 0 Å². The van der Waals surface area contributed by atoms with E-state index in [0.717, 1.165) is 13.4 Å². The Morgan fingerprint density at radius 3 is 2.33 bits per heavy atom. The Morgan fingerprint density at radius 1 is 1.25 bits per heavy atom. The normalized spacial score (nSPS) is 10.1. The van der Waals surface area contributed by atoms with Crippen LogP contribution < -0.4 is 4.74 Å². The molecule has 66 valence electrons. The SMILES string of the molecule is COc1c(Br)cc(Br)c(Cl)c1Br. The van der Waals surface area contributed by atoms with Gasteiger partial charge in [-0.15, -0.1) is 0 Å². The zero-order valence-electron chi connectivity index (χ0n) is 6.00. The first kappa shape index (κ1) is 10.8. The first-order chi connectivity index (χ1) is 5.57. The van der Waals surface area contributed by atoms with Gasteiger partial charge in [0.05, 0.1) is 21.1 Å². The van der Waals surface area contributed by atoms with Gasteiger partial charge >= 0.3 is 0 Å². The van der Waals surface area contributed by atoms with Crippen LogP contribution in [0.2, 0.25) is 5.02 Å². The van der Waals surface area contributed by atoms with Crippen LogP contribution in [0.3, 0.4) is 0 Å². The summed E-state index contributed by atoms with van der Waals surface area (Å²) in [6.45, 7) is 0. The molecule has 0 aromatic heterocycles. The minimum absolute atomic E-state index is 0.607. The van der Waals surface area contributed by atoms with E-state index < -0.39 is 0 Å². The third kappa shape index (κ3) is 1.97. The van der Waals surface area contributed by atoms with Gasteiger partial charge in [-0.1, -0.05) is 11.6 Å². The quantitative estimate of drug-likeness (QED) is 0.511. The van der Waals surface area contributed by atoms with Crippen molar-refractivity contribution >= 4 is 59.4 Å². The Balaban J connectivity index is 3.40. The van der Waals surface area contributed by atoms with Gasteiger partial charge < -0.3 is 4.74 Å². The molecular weight excluding hydrogens is 375 g/mol. The lowest BCUT2D eigenvalue weighted by molar-refractivity contribution is 0.409. The molecule has 12 heavy (non-hydrogen) atoms. The molecule has 0 radical (unpaired) electrons. The predicted molar refractivity (Wildman–Crippen MR) is 61.1 cm³/mol. The number of hydrogen-bond acceptors (Lipinski definition) is 1. The molecule has 1 aromatic rings. The van der Waals surface area contributed by atoms with E-state index in [2.05, 4.69) is 47.8 Å². The highest BCUT2D eigenvalue weighted by Crippen LogP contribution is 2.42. The Morgan fingerprint density at radius 2 is 1.83 bits per heavy atom. The Bertz CT molecular complexity index is 314. The summed E-state index contributed by atoms with van der Waals surface area (Å²) in [6.07, 6.45) is 0. The van der Waals surface area contributed by atoms with Crippen molar-refractivity contribution in [3.8, 4) is 5.75 Å². The Hall–Kier alpha value is 0.750. The molecule has 0 spiro atoms.